The van der Waals surface area contributed by atoms with Gasteiger partial charge in [-0.2, -0.15) is 5.10 Å². The maximum Gasteiger partial charge on any atom is 0.124 e. The molecule has 3 aromatic carbocycles. The summed E-state index contributed by atoms with van der Waals surface area (Å²) < 4.78 is 18.2. The van der Waals surface area contributed by atoms with Gasteiger partial charge in [0.25, 0.3) is 0 Å². The van der Waals surface area contributed by atoms with E-state index in [9.17, 15) is 4.39 Å². The van der Waals surface area contributed by atoms with Crippen molar-refractivity contribution in [1.29, 1.82) is 0 Å². The summed E-state index contributed by atoms with van der Waals surface area (Å²) in [7, 11) is 0. The zero-order chi connectivity index (χ0) is 25.4. The molecule has 0 spiro atoms. The summed E-state index contributed by atoms with van der Waals surface area (Å²) in [5.41, 5.74) is 6.16. The van der Waals surface area contributed by atoms with Crippen molar-refractivity contribution in [2.24, 2.45) is 0 Å². The van der Waals surface area contributed by atoms with Gasteiger partial charge in [0.2, 0.25) is 0 Å². The lowest BCUT2D eigenvalue weighted by atomic mass is 10.1. The van der Waals surface area contributed by atoms with Crippen molar-refractivity contribution in [3.63, 3.8) is 0 Å². The number of aromatic nitrogens is 6. The minimum absolute atomic E-state index is 0.271. The van der Waals surface area contributed by atoms with Crippen LogP contribution in [0.25, 0.3) is 38.1 Å². The molecule has 0 amide bonds. The lowest BCUT2D eigenvalue weighted by Gasteiger charge is -2.00. The Kier molecular flexibility index (Phi) is 6.23. The molecular weight excluding hydrogens is 551 g/mol. The van der Waals surface area contributed by atoms with E-state index in [4.69, 9.17) is 10.1 Å². The van der Waals surface area contributed by atoms with Crippen LogP contribution in [-0.2, 0) is 6.54 Å². The summed E-state index contributed by atoms with van der Waals surface area (Å²) in [6.07, 6.45) is 3.92. The SMILES string of the molecule is Cc1nc(-c2ccc(F)cc2)sc1-c1nn(-c2ccccc2)cc1-c1cn(Cc2ccc(Br)cc2)nn1. The maximum atomic E-state index is 13.5. The average Bonchev–Trinajstić information content (AvgIpc) is 3.65. The van der Waals surface area contributed by atoms with Crippen LogP contribution in [-0.4, -0.2) is 29.8 Å². The number of benzene rings is 3. The first-order valence-electron chi connectivity index (χ1n) is 11.6. The van der Waals surface area contributed by atoms with Crippen molar-refractivity contribution < 1.29 is 4.39 Å². The van der Waals surface area contributed by atoms with Gasteiger partial charge in [-0.15, -0.1) is 16.4 Å². The highest BCUT2D eigenvalue weighted by Crippen LogP contribution is 2.39. The predicted octanol–water partition coefficient (Wildman–Crippen LogP) is 7.18. The molecule has 0 aliphatic rings. The fourth-order valence-corrected chi connectivity index (χ4v) is 5.39. The van der Waals surface area contributed by atoms with Gasteiger partial charge in [-0.1, -0.05) is 51.5 Å². The highest BCUT2D eigenvalue weighted by atomic mass is 79.9. The van der Waals surface area contributed by atoms with E-state index in [1.807, 2.05) is 71.1 Å². The van der Waals surface area contributed by atoms with Crippen molar-refractivity contribution in [3.05, 3.63) is 113 Å². The number of aryl methyl sites for hydroxylation is 1. The van der Waals surface area contributed by atoms with E-state index in [1.54, 1.807) is 12.1 Å². The van der Waals surface area contributed by atoms with Crippen molar-refractivity contribution in [2.45, 2.75) is 13.5 Å². The molecule has 0 aliphatic carbocycles. The van der Waals surface area contributed by atoms with E-state index in [0.29, 0.717) is 6.54 Å². The van der Waals surface area contributed by atoms with Gasteiger partial charge in [-0.3, -0.25) is 0 Å². The molecule has 9 heteroatoms. The van der Waals surface area contributed by atoms with Gasteiger partial charge < -0.3 is 0 Å². The number of hydrogen-bond donors (Lipinski definition) is 0. The number of thiazole rings is 1. The Balaban J connectivity index is 1.42. The van der Waals surface area contributed by atoms with Gasteiger partial charge in [-0.25, -0.2) is 18.7 Å². The topological polar surface area (TPSA) is 61.4 Å². The Bertz CT molecular complexity index is 1670. The normalized spacial score (nSPS) is 11.2. The molecule has 6 nitrogen and oxygen atoms in total. The van der Waals surface area contributed by atoms with E-state index in [-0.39, 0.29) is 5.82 Å². The van der Waals surface area contributed by atoms with Crippen LogP contribution in [0.5, 0.6) is 0 Å². The van der Waals surface area contributed by atoms with Gasteiger partial charge in [0.05, 0.1) is 34.6 Å². The first-order chi connectivity index (χ1) is 18.0. The van der Waals surface area contributed by atoms with Crippen molar-refractivity contribution in [2.75, 3.05) is 0 Å². The van der Waals surface area contributed by atoms with Crippen LogP contribution in [0.1, 0.15) is 11.3 Å². The Morgan fingerprint density at radius 1 is 0.919 bits per heavy atom. The second-order valence-corrected chi connectivity index (χ2v) is 10.5. The van der Waals surface area contributed by atoms with Gasteiger partial charge in [0, 0.05) is 16.2 Å². The first-order valence-corrected chi connectivity index (χ1v) is 13.2. The number of rotatable bonds is 6. The van der Waals surface area contributed by atoms with Gasteiger partial charge in [0.15, 0.2) is 0 Å². The standard InChI is InChI=1S/C28H20BrFN6S/c1-18-27(37-28(31-18)20-9-13-22(30)14-10-20)26-24(16-36(33-26)23-5-3-2-4-6-23)25-17-35(34-32-25)15-19-7-11-21(29)12-8-19/h2-14,16-17H,15H2,1H3. The Morgan fingerprint density at radius 3 is 2.43 bits per heavy atom. The van der Waals surface area contributed by atoms with Crippen LogP contribution in [0.3, 0.4) is 0 Å². The van der Waals surface area contributed by atoms with E-state index in [0.717, 1.165) is 53.8 Å². The molecule has 3 aromatic heterocycles. The van der Waals surface area contributed by atoms with E-state index < -0.39 is 0 Å². The van der Waals surface area contributed by atoms with Crippen LogP contribution in [0, 0.1) is 12.7 Å². The molecule has 0 N–H and O–H groups in total. The van der Waals surface area contributed by atoms with Crippen molar-refractivity contribution in [1.82, 2.24) is 29.8 Å². The summed E-state index contributed by atoms with van der Waals surface area (Å²) in [6.45, 7) is 2.57. The summed E-state index contributed by atoms with van der Waals surface area (Å²) in [4.78, 5) is 5.71. The molecule has 6 rings (SSSR count). The van der Waals surface area contributed by atoms with Gasteiger partial charge in [-0.05, 0) is 61.0 Å². The maximum absolute atomic E-state index is 13.5. The average molecular weight is 571 g/mol. The van der Waals surface area contributed by atoms with Crippen molar-refractivity contribution >= 4 is 27.3 Å². The van der Waals surface area contributed by atoms with Crippen LogP contribution < -0.4 is 0 Å². The van der Waals surface area contributed by atoms with Crippen LogP contribution >= 0.6 is 27.3 Å². The molecule has 182 valence electrons. The minimum Gasteiger partial charge on any atom is -0.247 e. The number of nitrogens with zero attached hydrogens (tertiary/aromatic N) is 6. The van der Waals surface area contributed by atoms with Crippen LogP contribution in [0.15, 0.2) is 95.7 Å². The van der Waals surface area contributed by atoms with Crippen LogP contribution in [0.4, 0.5) is 4.39 Å². The fourth-order valence-electron chi connectivity index (χ4n) is 4.05. The number of hydrogen-bond acceptors (Lipinski definition) is 5. The van der Waals surface area contributed by atoms with E-state index >= 15 is 0 Å². The number of halogens is 2. The van der Waals surface area contributed by atoms with Crippen molar-refractivity contribution in [3.8, 4) is 38.1 Å². The molecular formula is C28H20BrFN6S. The Labute approximate surface area is 225 Å². The summed E-state index contributed by atoms with van der Waals surface area (Å²) in [5, 5.41) is 14.6. The molecule has 0 unspecified atom stereocenters. The third kappa shape index (κ3) is 4.87. The molecule has 3 heterocycles. The largest absolute Gasteiger partial charge is 0.247 e. The quantitative estimate of drug-likeness (QED) is 0.213. The predicted molar refractivity (Wildman–Crippen MR) is 147 cm³/mol. The lowest BCUT2D eigenvalue weighted by Crippen LogP contribution is -1.99. The molecule has 0 radical (unpaired) electrons. The third-order valence-corrected chi connectivity index (χ3v) is 7.65. The zero-order valence-electron chi connectivity index (χ0n) is 19.7. The Morgan fingerprint density at radius 2 is 1.68 bits per heavy atom. The molecule has 0 aliphatic heterocycles. The molecule has 37 heavy (non-hydrogen) atoms. The summed E-state index contributed by atoms with van der Waals surface area (Å²) >= 11 is 5.01. The third-order valence-electron chi connectivity index (χ3n) is 5.91. The van der Waals surface area contributed by atoms with E-state index in [1.165, 1.54) is 23.5 Å². The molecule has 0 saturated heterocycles. The van der Waals surface area contributed by atoms with Gasteiger partial charge in [0.1, 0.15) is 22.2 Å². The Hall–Kier alpha value is -3.95. The van der Waals surface area contributed by atoms with E-state index in [2.05, 4.69) is 38.4 Å². The summed E-state index contributed by atoms with van der Waals surface area (Å²) in [5.74, 6) is -0.271. The monoisotopic (exact) mass is 570 g/mol. The van der Waals surface area contributed by atoms with Crippen LogP contribution in [0.2, 0.25) is 0 Å². The smallest absolute Gasteiger partial charge is 0.124 e. The number of para-hydroxylation sites is 1. The highest BCUT2D eigenvalue weighted by Gasteiger charge is 2.22. The van der Waals surface area contributed by atoms with Gasteiger partial charge >= 0.3 is 0 Å². The zero-order valence-corrected chi connectivity index (χ0v) is 22.1. The molecule has 0 saturated carbocycles. The fraction of sp³-hybridized carbons (Fsp3) is 0.0714. The molecule has 0 fully saturated rings. The second-order valence-electron chi connectivity index (χ2n) is 8.54. The molecule has 0 atom stereocenters. The molecule has 6 aromatic rings. The lowest BCUT2D eigenvalue weighted by molar-refractivity contribution is 0.628. The highest BCUT2D eigenvalue weighted by molar-refractivity contribution is 9.10. The minimum atomic E-state index is -0.271. The first kappa shape index (κ1) is 23.4. The molecule has 0 bridgehead atoms. The second kappa shape index (κ2) is 9.84. The summed E-state index contributed by atoms with van der Waals surface area (Å²) in [6, 6.07) is 24.5.